The summed E-state index contributed by atoms with van der Waals surface area (Å²) >= 11 is 0. The maximum absolute atomic E-state index is 12.3. The van der Waals surface area contributed by atoms with E-state index in [0.29, 0.717) is 18.2 Å². The van der Waals surface area contributed by atoms with E-state index in [1.165, 1.54) is 5.56 Å². The monoisotopic (exact) mass is 312 g/mol. The van der Waals surface area contributed by atoms with Gasteiger partial charge in [0.2, 0.25) is 5.95 Å². The van der Waals surface area contributed by atoms with Crippen LogP contribution in [0, 0.1) is 6.92 Å². The molecule has 0 fully saturated rings. The summed E-state index contributed by atoms with van der Waals surface area (Å²) in [4.78, 5) is 22.8. The zero-order valence-corrected chi connectivity index (χ0v) is 14.0. The number of carbonyl (C=O) groups is 1. The first kappa shape index (κ1) is 16.9. The van der Waals surface area contributed by atoms with Gasteiger partial charge in [-0.3, -0.25) is 4.79 Å². The van der Waals surface area contributed by atoms with E-state index in [1.807, 2.05) is 43.1 Å². The number of aromatic nitrogens is 2. The lowest BCUT2D eigenvalue weighted by atomic mass is 10.1. The fraction of sp³-hybridized carbons (Fsp3) is 0.389. The van der Waals surface area contributed by atoms with E-state index in [4.69, 9.17) is 0 Å². The Labute approximate surface area is 137 Å². The molecule has 0 atom stereocenters. The number of unbranched alkanes of at least 4 members (excludes halogenated alkanes) is 1. The number of rotatable bonds is 7. The van der Waals surface area contributed by atoms with Crippen LogP contribution in [0.3, 0.4) is 0 Å². The van der Waals surface area contributed by atoms with Crippen molar-refractivity contribution < 1.29 is 4.79 Å². The Bertz CT molecular complexity index is 640. The van der Waals surface area contributed by atoms with Crippen LogP contribution < -0.4 is 10.2 Å². The summed E-state index contributed by atoms with van der Waals surface area (Å²) in [6.45, 7) is 5.55. The number of nitrogens with zero attached hydrogens (tertiary/aromatic N) is 3. The number of benzene rings is 1. The molecule has 1 aromatic heterocycles. The molecule has 1 aromatic carbocycles. The molecule has 1 N–H and O–H groups in total. The molecule has 0 bridgehead atoms. The van der Waals surface area contributed by atoms with Gasteiger partial charge in [0.1, 0.15) is 5.69 Å². The summed E-state index contributed by atoms with van der Waals surface area (Å²) in [6, 6.07) is 9.74. The molecule has 0 aliphatic rings. The zero-order chi connectivity index (χ0) is 16.7. The number of anilines is 1. The van der Waals surface area contributed by atoms with Gasteiger partial charge in [-0.1, -0.05) is 43.2 Å². The Hall–Kier alpha value is -2.43. The molecule has 5 nitrogen and oxygen atoms in total. The molecule has 2 aromatic rings. The van der Waals surface area contributed by atoms with Gasteiger partial charge in [0.15, 0.2) is 0 Å². The number of hydrogen-bond acceptors (Lipinski definition) is 4. The Morgan fingerprint density at radius 2 is 1.96 bits per heavy atom. The van der Waals surface area contributed by atoms with Crippen LogP contribution in [0.2, 0.25) is 0 Å². The van der Waals surface area contributed by atoms with Crippen LogP contribution in [0.25, 0.3) is 0 Å². The molecule has 0 aliphatic carbocycles. The van der Waals surface area contributed by atoms with Gasteiger partial charge in [-0.25, -0.2) is 9.97 Å². The largest absolute Gasteiger partial charge is 0.347 e. The van der Waals surface area contributed by atoms with E-state index < -0.39 is 0 Å². The highest BCUT2D eigenvalue weighted by molar-refractivity contribution is 5.92. The summed E-state index contributed by atoms with van der Waals surface area (Å²) in [6.07, 6.45) is 3.82. The van der Waals surface area contributed by atoms with Crippen molar-refractivity contribution in [3.8, 4) is 0 Å². The van der Waals surface area contributed by atoms with Gasteiger partial charge in [-0.15, -0.1) is 0 Å². The van der Waals surface area contributed by atoms with Gasteiger partial charge in [0.25, 0.3) is 5.91 Å². The predicted molar refractivity (Wildman–Crippen MR) is 92.6 cm³/mol. The Morgan fingerprint density at radius 3 is 2.65 bits per heavy atom. The average Bonchev–Trinajstić information content (AvgIpc) is 2.59. The molecule has 0 spiro atoms. The van der Waals surface area contributed by atoms with Gasteiger partial charge in [0, 0.05) is 26.3 Å². The quantitative estimate of drug-likeness (QED) is 0.854. The highest BCUT2D eigenvalue weighted by Crippen LogP contribution is 2.08. The van der Waals surface area contributed by atoms with Crippen molar-refractivity contribution in [1.82, 2.24) is 15.3 Å². The van der Waals surface area contributed by atoms with Crippen LogP contribution in [-0.2, 0) is 6.54 Å². The van der Waals surface area contributed by atoms with Gasteiger partial charge < -0.3 is 10.2 Å². The number of hydrogen-bond donors (Lipinski definition) is 1. The predicted octanol–water partition coefficient (Wildman–Crippen LogP) is 2.95. The smallest absolute Gasteiger partial charge is 0.270 e. The third-order valence-electron chi connectivity index (χ3n) is 3.64. The van der Waals surface area contributed by atoms with Gasteiger partial charge >= 0.3 is 0 Å². The first-order chi connectivity index (χ1) is 11.1. The van der Waals surface area contributed by atoms with Crippen LogP contribution in [0.5, 0.6) is 0 Å². The third kappa shape index (κ3) is 5.06. The number of nitrogens with one attached hydrogen (secondary N) is 1. The Kier molecular flexibility index (Phi) is 6.09. The van der Waals surface area contributed by atoms with Crippen molar-refractivity contribution in [2.45, 2.75) is 33.2 Å². The summed E-state index contributed by atoms with van der Waals surface area (Å²) in [7, 11) is 1.94. The van der Waals surface area contributed by atoms with Crippen molar-refractivity contribution in [3.63, 3.8) is 0 Å². The number of carbonyl (C=O) groups excluding carboxylic acids is 1. The highest BCUT2D eigenvalue weighted by atomic mass is 16.1. The first-order valence-corrected chi connectivity index (χ1v) is 7.98. The van der Waals surface area contributed by atoms with Gasteiger partial charge in [0.05, 0.1) is 0 Å². The molecule has 122 valence electrons. The molecule has 0 unspecified atom stereocenters. The summed E-state index contributed by atoms with van der Waals surface area (Å²) in [5.41, 5.74) is 2.67. The van der Waals surface area contributed by atoms with Crippen LogP contribution >= 0.6 is 0 Å². The average molecular weight is 312 g/mol. The fourth-order valence-electron chi connectivity index (χ4n) is 2.13. The topological polar surface area (TPSA) is 58.1 Å². The molecular weight excluding hydrogens is 288 g/mol. The van der Waals surface area contributed by atoms with Crippen LogP contribution in [-0.4, -0.2) is 29.5 Å². The van der Waals surface area contributed by atoms with Crippen molar-refractivity contribution in [3.05, 3.63) is 53.3 Å². The lowest BCUT2D eigenvalue weighted by Gasteiger charge is -2.16. The van der Waals surface area contributed by atoms with Gasteiger partial charge in [-0.05, 0) is 25.0 Å². The van der Waals surface area contributed by atoms with Crippen LogP contribution in [0.4, 0.5) is 5.95 Å². The SMILES string of the molecule is CCCCN(C)c1nccc(C(=O)NCc2ccc(C)cc2)n1. The van der Waals surface area contributed by atoms with Crippen molar-refractivity contribution in [2.24, 2.45) is 0 Å². The summed E-state index contributed by atoms with van der Waals surface area (Å²) < 4.78 is 0. The minimum atomic E-state index is -0.182. The van der Waals surface area contributed by atoms with Crippen LogP contribution in [0.15, 0.2) is 36.5 Å². The van der Waals surface area contributed by atoms with Crippen molar-refractivity contribution >= 4 is 11.9 Å². The Balaban J connectivity index is 1.97. The number of amides is 1. The van der Waals surface area contributed by atoms with E-state index in [0.717, 1.165) is 24.9 Å². The second-order valence-corrected chi connectivity index (χ2v) is 5.69. The summed E-state index contributed by atoms with van der Waals surface area (Å²) in [5, 5.41) is 2.90. The van der Waals surface area contributed by atoms with Gasteiger partial charge in [-0.2, -0.15) is 0 Å². The molecule has 0 aliphatic heterocycles. The second kappa shape index (κ2) is 8.27. The fourth-order valence-corrected chi connectivity index (χ4v) is 2.13. The van der Waals surface area contributed by atoms with Crippen LogP contribution in [0.1, 0.15) is 41.4 Å². The van der Waals surface area contributed by atoms with E-state index >= 15 is 0 Å². The number of aryl methyl sites for hydroxylation is 1. The van der Waals surface area contributed by atoms with E-state index in [2.05, 4.69) is 22.2 Å². The minimum absolute atomic E-state index is 0.182. The molecule has 23 heavy (non-hydrogen) atoms. The van der Waals surface area contributed by atoms with Crippen molar-refractivity contribution in [1.29, 1.82) is 0 Å². The molecule has 5 heteroatoms. The zero-order valence-electron chi connectivity index (χ0n) is 14.0. The van der Waals surface area contributed by atoms with E-state index in [-0.39, 0.29) is 5.91 Å². The molecule has 0 radical (unpaired) electrons. The molecule has 1 amide bonds. The molecular formula is C18H24N4O. The first-order valence-electron chi connectivity index (χ1n) is 7.98. The molecule has 2 rings (SSSR count). The Morgan fingerprint density at radius 1 is 1.22 bits per heavy atom. The standard InChI is InChI=1S/C18H24N4O/c1-4-5-12-22(3)18-19-11-10-16(21-18)17(23)20-13-15-8-6-14(2)7-9-15/h6-11H,4-5,12-13H2,1-3H3,(H,20,23). The maximum atomic E-state index is 12.3. The van der Waals surface area contributed by atoms with Crippen molar-refractivity contribution in [2.75, 3.05) is 18.5 Å². The van der Waals surface area contributed by atoms with E-state index in [9.17, 15) is 4.79 Å². The maximum Gasteiger partial charge on any atom is 0.270 e. The second-order valence-electron chi connectivity index (χ2n) is 5.69. The lowest BCUT2D eigenvalue weighted by Crippen LogP contribution is -2.26. The highest BCUT2D eigenvalue weighted by Gasteiger charge is 2.10. The van der Waals surface area contributed by atoms with E-state index in [1.54, 1.807) is 12.3 Å². The molecule has 0 saturated carbocycles. The molecule has 1 heterocycles. The normalized spacial score (nSPS) is 10.4. The minimum Gasteiger partial charge on any atom is -0.347 e. The molecule has 0 saturated heterocycles. The lowest BCUT2D eigenvalue weighted by molar-refractivity contribution is 0.0946. The third-order valence-corrected chi connectivity index (χ3v) is 3.64. The summed E-state index contributed by atoms with van der Waals surface area (Å²) in [5.74, 6) is 0.402.